The van der Waals surface area contributed by atoms with Crippen LogP contribution in [0.5, 0.6) is 0 Å². The molecule has 1 fully saturated rings. The topological polar surface area (TPSA) is 42.2 Å². The first-order chi connectivity index (χ1) is 9.25. The molecule has 0 spiro atoms. The van der Waals surface area contributed by atoms with E-state index in [2.05, 4.69) is 0 Å². The summed E-state index contributed by atoms with van der Waals surface area (Å²) in [6, 6.07) is 0. The van der Waals surface area contributed by atoms with Gasteiger partial charge in [0.1, 0.15) is 11.3 Å². The summed E-state index contributed by atoms with van der Waals surface area (Å²) in [6.45, 7) is 0. The fourth-order valence-corrected chi connectivity index (χ4v) is 2.60. The predicted octanol–water partition coefficient (Wildman–Crippen LogP) is 3.43. The second-order valence-corrected chi connectivity index (χ2v) is 4.84. The second-order valence-electron chi connectivity index (χ2n) is 4.84. The van der Waals surface area contributed by atoms with E-state index in [1.165, 1.54) is 0 Å². The highest BCUT2D eigenvalue weighted by atomic mass is 19.4. The van der Waals surface area contributed by atoms with Crippen LogP contribution in [-0.4, -0.2) is 9.94 Å². The maximum Gasteiger partial charge on any atom is 0.422 e. The molecule has 1 aromatic heterocycles. The van der Waals surface area contributed by atoms with Gasteiger partial charge in [0.05, 0.1) is 0 Å². The highest BCUT2D eigenvalue weighted by Crippen LogP contribution is 2.38. The van der Waals surface area contributed by atoms with E-state index in [9.17, 15) is 32.0 Å². The molecule has 8 heteroatoms. The zero-order valence-corrected chi connectivity index (χ0v) is 10.3. The number of pyridine rings is 1. The third kappa shape index (κ3) is 2.38. The number of alkyl halides is 3. The molecule has 3 nitrogen and oxygen atoms in total. The Morgan fingerprint density at radius 2 is 1.60 bits per heavy atom. The van der Waals surface area contributed by atoms with Crippen molar-refractivity contribution < 1.29 is 27.2 Å². The number of rotatable bonds is 1. The summed E-state index contributed by atoms with van der Waals surface area (Å²) in [4.78, 5) is 11.3. The van der Waals surface area contributed by atoms with E-state index in [0.717, 1.165) is 6.42 Å². The Morgan fingerprint density at radius 3 is 2.10 bits per heavy atom. The molecule has 0 radical (unpaired) electrons. The number of hydrogen-bond acceptors (Lipinski definition) is 2. The first-order valence-corrected chi connectivity index (χ1v) is 6.15. The lowest BCUT2D eigenvalue weighted by Gasteiger charge is -2.24. The summed E-state index contributed by atoms with van der Waals surface area (Å²) in [5.74, 6) is -4.94. The van der Waals surface area contributed by atoms with Crippen LogP contribution in [0.4, 0.5) is 22.0 Å². The lowest BCUT2D eigenvalue weighted by molar-refractivity contribution is -0.143. The molecule has 1 aliphatic carbocycles. The summed E-state index contributed by atoms with van der Waals surface area (Å²) >= 11 is 0. The van der Waals surface area contributed by atoms with Crippen LogP contribution >= 0.6 is 0 Å². The standard InChI is InChI=1S/C12H12F5NO2/c13-8-7(12(15,16)17)9(14)11(19)18(20)10(8)6-4-2-1-3-5-6/h6,20H,1-5H2. The van der Waals surface area contributed by atoms with Gasteiger partial charge in [-0.1, -0.05) is 19.3 Å². The number of halogens is 5. The van der Waals surface area contributed by atoms with Crippen molar-refractivity contribution in [1.29, 1.82) is 0 Å². The molecule has 0 aromatic carbocycles. The van der Waals surface area contributed by atoms with Gasteiger partial charge in [0.25, 0.3) is 0 Å². The average Bonchev–Trinajstić information content (AvgIpc) is 2.36. The van der Waals surface area contributed by atoms with Crippen molar-refractivity contribution in [1.82, 2.24) is 4.73 Å². The maximum absolute atomic E-state index is 14.0. The van der Waals surface area contributed by atoms with Gasteiger partial charge in [0.2, 0.25) is 5.82 Å². The summed E-state index contributed by atoms with van der Waals surface area (Å²) < 4.78 is 64.9. The van der Waals surface area contributed by atoms with E-state index in [4.69, 9.17) is 0 Å². The van der Waals surface area contributed by atoms with Crippen molar-refractivity contribution in [3.63, 3.8) is 0 Å². The highest BCUT2D eigenvalue weighted by molar-refractivity contribution is 5.27. The zero-order valence-electron chi connectivity index (χ0n) is 10.3. The van der Waals surface area contributed by atoms with Gasteiger partial charge in [-0.3, -0.25) is 4.79 Å². The molecule has 0 aliphatic heterocycles. The van der Waals surface area contributed by atoms with Crippen molar-refractivity contribution in [2.75, 3.05) is 0 Å². The van der Waals surface area contributed by atoms with Crippen molar-refractivity contribution >= 4 is 0 Å². The fraction of sp³-hybridized carbons (Fsp3) is 0.583. The van der Waals surface area contributed by atoms with E-state index in [-0.39, 0.29) is 4.73 Å². The lowest BCUT2D eigenvalue weighted by Crippen LogP contribution is -2.32. The lowest BCUT2D eigenvalue weighted by atomic mass is 9.86. The van der Waals surface area contributed by atoms with E-state index >= 15 is 0 Å². The average molecular weight is 297 g/mol. The zero-order chi connectivity index (χ0) is 15.1. The van der Waals surface area contributed by atoms with Crippen molar-refractivity contribution in [3.05, 3.63) is 33.2 Å². The summed E-state index contributed by atoms with van der Waals surface area (Å²) in [6.07, 6.45) is -2.49. The van der Waals surface area contributed by atoms with Crippen LogP contribution in [0.25, 0.3) is 0 Å². The molecule has 2 rings (SSSR count). The first-order valence-electron chi connectivity index (χ1n) is 6.15. The van der Waals surface area contributed by atoms with Gasteiger partial charge in [-0.25, -0.2) is 4.39 Å². The Bertz CT molecular complexity index is 573. The van der Waals surface area contributed by atoms with Crippen molar-refractivity contribution in [3.8, 4) is 0 Å². The third-order valence-electron chi connectivity index (χ3n) is 3.55. The molecule has 1 aliphatic rings. The highest BCUT2D eigenvalue weighted by Gasteiger charge is 2.42. The summed E-state index contributed by atoms with van der Waals surface area (Å²) in [5, 5.41) is 9.46. The Hall–Kier alpha value is -1.60. The molecule has 112 valence electrons. The van der Waals surface area contributed by atoms with Gasteiger partial charge in [-0.2, -0.15) is 17.6 Å². The molecule has 1 saturated carbocycles. The van der Waals surface area contributed by atoms with Crippen LogP contribution in [0.15, 0.2) is 4.79 Å². The minimum absolute atomic E-state index is 0.324. The fourth-order valence-electron chi connectivity index (χ4n) is 2.60. The normalized spacial score (nSPS) is 17.4. The van der Waals surface area contributed by atoms with Crippen molar-refractivity contribution in [2.45, 2.75) is 44.2 Å². The predicted molar refractivity (Wildman–Crippen MR) is 58.6 cm³/mol. The Balaban J connectivity index is 2.68. The number of aromatic nitrogens is 1. The van der Waals surface area contributed by atoms with E-state index in [1.54, 1.807) is 0 Å². The third-order valence-corrected chi connectivity index (χ3v) is 3.55. The number of nitrogens with zero attached hydrogens (tertiary/aromatic N) is 1. The van der Waals surface area contributed by atoms with Gasteiger partial charge in [-0.15, -0.1) is 4.73 Å². The molecule has 0 saturated heterocycles. The second kappa shape index (κ2) is 5.06. The molecule has 1 N–H and O–H groups in total. The van der Waals surface area contributed by atoms with E-state index < -0.39 is 40.5 Å². The summed E-state index contributed by atoms with van der Waals surface area (Å²) in [5.41, 5.74) is -4.88. The van der Waals surface area contributed by atoms with Gasteiger partial charge >= 0.3 is 11.7 Å². The van der Waals surface area contributed by atoms with Crippen LogP contribution in [0.1, 0.15) is 49.3 Å². The van der Waals surface area contributed by atoms with Crippen LogP contribution in [-0.2, 0) is 6.18 Å². The Morgan fingerprint density at radius 1 is 1.05 bits per heavy atom. The van der Waals surface area contributed by atoms with Gasteiger partial charge in [-0.05, 0) is 12.8 Å². The SMILES string of the molecule is O=c1c(F)c(C(F)(F)F)c(F)c(C2CCCCC2)n1O. The van der Waals surface area contributed by atoms with Crippen LogP contribution in [0.3, 0.4) is 0 Å². The minimum Gasteiger partial charge on any atom is -0.425 e. The smallest absolute Gasteiger partial charge is 0.422 e. The first kappa shape index (κ1) is 14.8. The minimum atomic E-state index is -5.33. The molecule has 20 heavy (non-hydrogen) atoms. The molecule has 0 amide bonds. The Kier molecular flexibility index (Phi) is 3.75. The van der Waals surface area contributed by atoms with Crippen LogP contribution < -0.4 is 5.56 Å². The quantitative estimate of drug-likeness (QED) is 0.637. The molecule has 0 bridgehead atoms. The van der Waals surface area contributed by atoms with Gasteiger partial charge < -0.3 is 5.21 Å². The van der Waals surface area contributed by atoms with Crippen molar-refractivity contribution in [2.24, 2.45) is 0 Å². The van der Waals surface area contributed by atoms with E-state index in [1.807, 2.05) is 0 Å². The summed E-state index contributed by atoms with van der Waals surface area (Å²) in [7, 11) is 0. The van der Waals surface area contributed by atoms with Gasteiger partial charge in [0.15, 0.2) is 5.82 Å². The van der Waals surface area contributed by atoms with E-state index in [0.29, 0.717) is 25.7 Å². The molecule has 1 heterocycles. The largest absolute Gasteiger partial charge is 0.425 e. The Labute approximate surface area is 110 Å². The molecule has 0 atom stereocenters. The van der Waals surface area contributed by atoms with Crippen LogP contribution in [0.2, 0.25) is 0 Å². The van der Waals surface area contributed by atoms with Gasteiger partial charge in [0, 0.05) is 5.92 Å². The molecular formula is C12H12F5NO2. The monoisotopic (exact) mass is 297 g/mol. The molecule has 1 aromatic rings. The maximum atomic E-state index is 14.0. The molecule has 0 unspecified atom stereocenters. The van der Waals surface area contributed by atoms with Crippen LogP contribution in [0, 0.1) is 11.6 Å². The molecular weight excluding hydrogens is 285 g/mol. The number of hydrogen-bond donors (Lipinski definition) is 1.